The van der Waals surface area contributed by atoms with Crippen LogP contribution in [0.4, 0.5) is 15.3 Å². The van der Waals surface area contributed by atoms with Crippen molar-refractivity contribution in [2.24, 2.45) is 5.92 Å². The predicted molar refractivity (Wildman–Crippen MR) is 96.4 cm³/mol. The molecular formula is C19H27N3O3. The lowest BCUT2D eigenvalue weighted by Crippen LogP contribution is -2.46. The first kappa shape index (κ1) is 17.6. The fourth-order valence-corrected chi connectivity index (χ4v) is 3.34. The second kappa shape index (κ2) is 6.94. The van der Waals surface area contributed by atoms with E-state index in [0.29, 0.717) is 25.6 Å². The van der Waals surface area contributed by atoms with Gasteiger partial charge in [0.25, 0.3) is 0 Å². The smallest absolute Gasteiger partial charge is 0.410 e. The highest BCUT2D eigenvalue weighted by molar-refractivity contribution is 5.92. The van der Waals surface area contributed by atoms with E-state index in [-0.39, 0.29) is 12.1 Å². The van der Waals surface area contributed by atoms with Gasteiger partial charge in [-0.1, -0.05) is 18.2 Å². The van der Waals surface area contributed by atoms with Gasteiger partial charge in [0.05, 0.1) is 0 Å². The summed E-state index contributed by atoms with van der Waals surface area (Å²) in [6.45, 7) is 8.38. The van der Waals surface area contributed by atoms with Gasteiger partial charge < -0.3 is 19.9 Å². The summed E-state index contributed by atoms with van der Waals surface area (Å²) in [7, 11) is 0. The SMILES string of the molecule is CC(C)(C)OC(=O)N1CCC(CN2Cc3ccccc3NC2=O)CC1. The number of amides is 3. The summed E-state index contributed by atoms with van der Waals surface area (Å²) < 4.78 is 5.43. The van der Waals surface area contributed by atoms with Crippen LogP contribution in [0.25, 0.3) is 0 Å². The molecule has 6 nitrogen and oxygen atoms in total. The van der Waals surface area contributed by atoms with E-state index in [0.717, 1.165) is 30.6 Å². The molecule has 1 N–H and O–H groups in total. The first-order valence-electron chi connectivity index (χ1n) is 8.93. The van der Waals surface area contributed by atoms with Crippen LogP contribution in [0.2, 0.25) is 0 Å². The number of nitrogens with zero attached hydrogens (tertiary/aromatic N) is 2. The number of ether oxygens (including phenoxy) is 1. The summed E-state index contributed by atoms with van der Waals surface area (Å²) in [5.74, 6) is 0.412. The van der Waals surface area contributed by atoms with Crippen LogP contribution in [0.1, 0.15) is 39.2 Å². The number of urea groups is 1. The number of carbonyl (C=O) groups excluding carboxylic acids is 2. The van der Waals surface area contributed by atoms with Crippen LogP contribution in [0.5, 0.6) is 0 Å². The van der Waals surface area contributed by atoms with Crippen molar-refractivity contribution in [3.63, 3.8) is 0 Å². The molecule has 0 aliphatic carbocycles. The third-order valence-corrected chi connectivity index (χ3v) is 4.65. The van der Waals surface area contributed by atoms with Crippen molar-refractivity contribution in [2.45, 2.75) is 45.8 Å². The van der Waals surface area contributed by atoms with E-state index >= 15 is 0 Å². The molecule has 1 fully saturated rings. The van der Waals surface area contributed by atoms with Crippen molar-refractivity contribution in [3.8, 4) is 0 Å². The molecule has 0 saturated carbocycles. The fraction of sp³-hybridized carbons (Fsp3) is 0.579. The fourth-order valence-electron chi connectivity index (χ4n) is 3.34. The van der Waals surface area contributed by atoms with Crippen LogP contribution < -0.4 is 5.32 Å². The Balaban J connectivity index is 1.51. The van der Waals surface area contributed by atoms with Gasteiger partial charge in [-0.3, -0.25) is 0 Å². The Bertz CT molecular complexity index is 646. The monoisotopic (exact) mass is 345 g/mol. The molecule has 0 bridgehead atoms. The van der Waals surface area contributed by atoms with Crippen LogP contribution in [0.15, 0.2) is 24.3 Å². The third-order valence-electron chi connectivity index (χ3n) is 4.65. The maximum absolute atomic E-state index is 12.3. The minimum Gasteiger partial charge on any atom is -0.444 e. The molecule has 0 radical (unpaired) electrons. The van der Waals surface area contributed by atoms with Crippen LogP contribution in [0, 0.1) is 5.92 Å². The number of nitrogens with one attached hydrogen (secondary N) is 1. The largest absolute Gasteiger partial charge is 0.444 e. The average Bonchev–Trinajstić information content (AvgIpc) is 2.54. The third kappa shape index (κ3) is 4.44. The molecular weight excluding hydrogens is 318 g/mol. The number of carbonyl (C=O) groups is 2. The lowest BCUT2D eigenvalue weighted by atomic mass is 9.96. The molecule has 6 heteroatoms. The number of hydrogen-bond acceptors (Lipinski definition) is 3. The number of piperidine rings is 1. The Morgan fingerprint density at radius 1 is 1.24 bits per heavy atom. The predicted octanol–water partition coefficient (Wildman–Crippen LogP) is 3.68. The zero-order chi connectivity index (χ0) is 18.0. The number of likely N-dealkylation sites (tertiary alicyclic amines) is 1. The topological polar surface area (TPSA) is 61.9 Å². The lowest BCUT2D eigenvalue weighted by molar-refractivity contribution is 0.0173. The van der Waals surface area contributed by atoms with Crippen molar-refractivity contribution in [1.82, 2.24) is 9.80 Å². The highest BCUT2D eigenvalue weighted by Gasteiger charge is 2.30. The number of rotatable bonds is 2. The number of fused-ring (bicyclic) bond motifs is 1. The summed E-state index contributed by atoms with van der Waals surface area (Å²) in [5.41, 5.74) is 1.59. The standard InChI is InChI=1S/C19H27N3O3/c1-19(2,3)25-18(24)21-10-8-14(9-11-21)12-22-13-15-6-4-5-7-16(15)20-17(22)23/h4-7,14H,8-13H2,1-3H3,(H,20,23). The van der Waals surface area contributed by atoms with E-state index in [4.69, 9.17) is 4.74 Å². The van der Waals surface area contributed by atoms with Crippen LogP contribution >= 0.6 is 0 Å². The van der Waals surface area contributed by atoms with Crippen LogP contribution in [-0.2, 0) is 11.3 Å². The Morgan fingerprint density at radius 2 is 1.92 bits per heavy atom. The summed E-state index contributed by atoms with van der Waals surface area (Å²) in [6, 6.07) is 7.87. The second-order valence-electron chi connectivity index (χ2n) is 7.88. The molecule has 2 heterocycles. The average molecular weight is 345 g/mol. The number of para-hydroxylation sites is 1. The normalized spacial score (nSPS) is 18.6. The number of anilines is 1. The van der Waals surface area contributed by atoms with Crippen molar-refractivity contribution in [3.05, 3.63) is 29.8 Å². The summed E-state index contributed by atoms with van der Waals surface area (Å²) in [6.07, 6.45) is 1.55. The van der Waals surface area contributed by atoms with Crippen molar-refractivity contribution < 1.29 is 14.3 Å². The highest BCUT2D eigenvalue weighted by Crippen LogP contribution is 2.26. The first-order valence-corrected chi connectivity index (χ1v) is 8.93. The molecule has 2 aliphatic heterocycles. The molecule has 0 unspecified atom stereocenters. The number of benzene rings is 1. The van der Waals surface area contributed by atoms with Crippen LogP contribution in [0.3, 0.4) is 0 Å². The Labute approximate surface area is 149 Å². The van der Waals surface area contributed by atoms with E-state index in [1.54, 1.807) is 4.90 Å². The van der Waals surface area contributed by atoms with Gasteiger partial charge >= 0.3 is 12.1 Å². The van der Waals surface area contributed by atoms with E-state index in [9.17, 15) is 9.59 Å². The maximum Gasteiger partial charge on any atom is 0.410 e. The van der Waals surface area contributed by atoms with Gasteiger partial charge in [-0.2, -0.15) is 0 Å². The van der Waals surface area contributed by atoms with E-state index in [2.05, 4.69) is 5.32 Å². The minimum absolute atomic E-state index is 0.0340. The Hall–Kier alpha value is -2.24. The molecule has 136 valence electrons. The summed E-state index contributed by atoms with van der Waals surface area (Å²) >= 11 is 0. The first-order chi connectivity index (χ1) is 11.8. The van der Waals surface area contributed by atoms with Crippen molar-refractivity contribution >= 4 is 17.8 Å². The molecule has 3 rings (SSSR count). The summed E-state index contributed by atoms with van der Waals surface area (Å²) in [4.78, 5) is 28.1. The Morgan fingerprint density at radius 3 is 2.60 bits per heavy atom. The highest BCUT2D eigenvalue weighted by atomic mass is 16.6. The quantitative estimate of drug-likeness (QED) is 0.889. The zero-order valence-corrected chi connectivity index (χ0v) is 15.2. The van der Waals surface area contributed by atoms with Gasteiger partial charge in [0.1, 0.15) is 5.60 Å². The molecule has 2 aliphatic rings. The van der Waals surface area contributed by atoms with Gasteiger partial charge in [0, 0.05) is 31.9 Å². The molecule has 3 amide bonds. The van der Waals surface area contributed by atoms with Crippen molar-refractivity contribution in [1.29, 1.82) is 0 Å². The molecule has 1 saturated heterocycles. The maximum atomic E-state index is 12.3. The van der Waals surface area contributed by atoms with Gasteiger partial charge in [0.15, 0.2) is 0 Å². The van der Waals surface area contributed by atoms with Gasteiger partial charge in [-0.05, 0) is 51.2 Å². The van der Waals surface area contributed by atoms with E-state index < -0.39 is 5.60 Å². The van der Waals surface area contributed by atoms with Gasteiger partial charge in [-0.15, -0.1) is 0 Å². The zero-order valence-electron chi connectivity index (χ0n) is 15.2. The van der Waals surface area contributed by atoms with E-state index in [1.807, 2.05) is 49.9 Å². The van der Waals surface area contributed by atoms with Gasteiger partial charge in [-0.25, -0.2) is 9.59 Å². The lowest BCUT2D eigenvalue weighted by Gasteiger charge is -2.37. The Kier molecular flexibility index (Phi) is 4.88. The summed E-state index contributed by atoms with van der Waals surface area (Å²) in [5, 5.41) is 2.95. The molecule has 0 atom stereocenters. The second-order valence-corrected chi connectivity index (χ2v) is 7.88. The molecule has 0 aromatic heterocycles. The number of hydrogen-bond donors (Lipinski definition) is 1. The molecule has 0 spiro atoms. The molecule has 1 aromatic rings. The van der Waals surface area contributed by atoms with Gasteiger partial charge in [0.2, 0.25) is 0 Å². The minimum atomic E-state index is -0.465. The van der Waals surface area contributed by atoms with E-state index in [1.165, 1.54) is 0 Å². The molecule has 25 heavy (non-hydrogen) atoms. The van der Waals surface area contributed by atoms with Crippen molar-refractivity contribution in [2.75, 3.05) is 25.0 Å². The molecule has 1 aromatic carbocycles. The van der Waals surface area contributed by atoms with Crippen LogP contribution in [-0.4, -0.2) is 47.2 Å².